The number of hydrogen-bond donors (Lipinski definition) is 2. The molecular formula is C16H29NO4. The zero-order chi connectivity index (χ0) is 16.0. The van der Waals surface area contributed by atoms with Crippen molar-refractivity contribution < 1.29 is 19.8 Å². The number of nitrogens with zero attached hydrogens (tertiary/aromatic N) is 1. The van der Waals surface area contributed by atoms with Crippen LogP contribution in [0.15, 0.2) is 0 Å². The van der Waals surface area contributed by atoms with Crippen LogP contribution in [0.25, 0.3) is 0 Å². The quantitative estimate of drug-likeness (QED) is 0.757. The monoisotopic (exact) mass is 299 g/mol. The lowest BCUT2D eigenvalue weighted by atomic mass is 9.87. The maximum Gasteiger partial charge on any atom is 0.326 e. The van der Waals surface area contributed by atoms with Crippen molar-refractivity contribution in [3.8, 4) is 0 Å². The Morgan fingerprint density at radius 1 is 1.24 bits per heavy atom. The molecule has 2 atom stereocenters. The second-order valence-electron chi connectivity index (χ2n) is 6.47. The van der Waals surface area contributed by atoms with E-state index < -0.39 is 17.6 Å². The molecule has 122 valence electrons. The molecule has 0 aromatic carbocycles. The molecule has 0 aromatic heterocycles. The third-order valence-corrected chi connectivity index (χ3v) is 4.38. The Morgan fingerprint density at radius 2 is 1.81 bits per heavy atom. The number of carboxylic acid groups (broad SMARTS) is 1. The van der Waals surface area contributed by atoms with Gasteiger partial charge in [0.2, 0.25) is 5.91 Å². The van der Waals surface area contributed by atoms with Crippen molar-refractivity contribution in [1.82, 2.24) is 4.90 Å². The average Bonchev–Trinajstić information content (AvgIpc) is 2.38. The van der Waals surface area contributed by atoms with E-state index >= 15 is 0 Å². The summed E-state index contributed by atoms with van der Waals surface area (Å²) in [6, 6.07) is -0.742. The molecule has 0 spiro atoms. The van der Waals surface area contributed by atoms with Crippen LogP contribution in [-0.2, 0) is 9.59 Å². The number of piperidine rings is 1. The van der Waals surface area contributed by atoms with E-state index in [9.17, 15) is 19.8 Å². The predicted molar refractivity (Wildman–Crippen MR) is 80.9 cm³/mol. The van der Waals surface area contributed by atoms with Gasteiger partial charge in [0.15, 0.2) is 0 Å². The van der Waals surface area contributed by atoms with Crippen molar-refractivity contribution in [3.05, 3.63) is 0 Å². The number of carbonyl (C=O) groups excluding carboxylic acids is 1. The van der Waals surface area contributed by atoms with Crippen molar-refractivity contribution in [2.75, 3.05) is 6.54 Å². The SMILES string of the molecule is CCCC(O)(CCC)CC(=O)N1CCC(C)CC1C(=O)O. The molecule has 1 fully saturated rings. The Labute approximate surface area is 127 Å². The standard InChI is InChI=1S/C16H29NO4/c1-4-7-16(21,8-5-2)11-14(18)17-9-6-12(3)10-13(17)15(19)20/h12-13,21H,4-11H2,1-3H3,(H,19,20). The molecule has 0 saturated carbocycles. The molecule has 1 aliphatic rings. The van der Waals surface area contributed by atoms with Crippen molar-refractivity contribution in [1.29, 1.82) is 0 Å². The minimum Gasteiger partial charge on any atom is -0.480 e. The summed E-state index contributed by atoms with van der Waals surface area (Å²) in [5.74, 6) is -0.844. The first-order valence-electron chi connectivity index (χ1n) is 8.07. The van der Waals surface area contributed by atoms with Gasteiger partial charge in [0.05, 0.1) is 12.0 Å². The Bertz CT molecular complexity index is 363. The smallest absolute Gasteiger partial charge is 0.326 e. The summed E-state index contributed by atoms with van der Waals surface area (Å²) in [6.45, 7) is 6.45. The molecule has 1 amide bonds. The molecule has 1 aliphatic heterocycles. The van der Waals surface area contributed by atoms with Gasteiger partial charge in [0.1, 0.15) is 6.04 Å². The van der Waals surface area contributed by atoms with E-state index in [0.29, 0.717) is 31.7 Å². The summed E-state index contributed by atoms with van der Waals surface area (Å²) < 4.78 is 0. The highest BCUT2D eigenvalue weighted by atomic mass is 16.4. The lowest BCUT2D eigenvalue weighted by Crippen LogP contribution is -2.51. The highest BCUT2D eigenvalue weighted by Crippen LogP contribution is 2.28. The first kappa shape index (κ1) is 18.0. The van der Waals surface area contributed by atoms with Crippen LogP contribution in [-0.4, -0.2) is 45.2 Å². The normalized spacial score (nSPS) is 23.1. The first-order chi connectivity index (χ1) is 9.83. The fourth-order valence-electron chi connectivity index (χ4n) is 3.29. The van der Waals surface area contributed by atoms with Crippen molar-refractivity contribution in [2.24, 2.45) is 5.92 Å². The number of likely N-dealkylation sites (tertiary alicyclic amines) is 1. The molecule has 2 N–H and O–H groups in total. The second-order valence-corrected chi connectivity index (χ2v) is 6.47. The molecule has 0 aliphatic carbocycles. The van der Waals surface area contributed by atoms with E-state index in [1.165, 1.54) is 4.90 Å². The third-order valence-electron chi connectivity index (χ3n) is 4.38. The molecule has 1 rings (SSSR count). The number of carbonyl (C=O) groups is 2. The van der Waals surface area contributed by atoms with Crippen LogP contribution in [0.2, 0.25) is 0 Å². The van der Waals surface area contributed by atoms with E-state index in [2.05, 4.69) is 0 Å². The average molecular weight is 299 g/mol. The fraction of sp³-hybridized carbons (Fsp3) is 0.875. The van der Waals surface area contributed by atoms with E-state index in [1.54, 1.807) is 0 Å². The van der Waals surface area contributed by atoms with Crippen LogP contribution in [0.3, 0.4) is 0 Å². The zero-order valence-corrected chi connectivity index (χ0v) is 13.5. The van der Waals surface area contributed by atoms with E-state index in [4.69, 9.17) is 0 Å². The second kappa shape index (κ2) is 7.78. The Hall–Kier alpha value is -1.10. The van der Waals surface area contributed by atoms with Crippen LogP contribution < -0.4 is 0 Å². The van der Waals surface area contributed by atoms with Gasteiger partial charge in [-0.2, -0.15) is 0 Å². The number of amides is 1. The Morgan fingerprint density at radius 3 is 2.29 bits per heavy atom. The molecule has 5 heteroatoms. The summed E-state index contributed by atoms with van der Waals surface area (Å²) >= 11 is 0. The summed E-state index contributed by atoms with van der Waals surface area (Å²) in [5.41, 5.74) is -0.993. The number of carboxylic acids is 1. The van der Waals surface area contributed by atoms with Crippen LogP contribution >= 0.6 is 0 Å². The molecule has 1 saturated heterocycles. The van der Waals surface area contributed by atoms with Crippen LogP contribution in [0.1, 0.15) is 65.7 Å². The molecule has 0 radical (unpaired) electrons. The van der Waals surface area contributed by atoms with Crippen LogP contribution in [0, 0.1) is 5.92 Å². The lowest BCUT2D eigenvalue weighted by Gasteiger charge is -2.38. The molecule has 5 nitrogen and oxygen atoms in total. The first-order valence-corrected chi connectivity index (χ1v) is 8.07. The minimum atomic E-state index is -0.993. The van der Waals surface area contributed by atoms with Gasteiger partial charge in [-0.15, -0.1) is 0 Å². The predicted octanol–water partition coefficient (Wildman–Crippen LogP) is 2.42. The van der Waals surface area contributed by atoms with Gasteiger partial charge >= 0.3 is 5.97 Å². The Balaban J connectivity index is 2.77. The van der Waals surface area contributed by atoms with Crippen molar-refractivity contribution >= 4 is 11.9 Å². The number of aliphatic hydroxyl groups is 1. The third kappa shape index (κ3) is 4.99. The number of hydrogen-bond acceptors (Lipinski definition) is 3. The van der Waals surface area contributed by atoms with Crippen LogP contribution in [0.5, 0.6) is 0 Å². The summed E-state index contributed by atoms with van der Waals surface area (Å²) in [4.78, 5) is 25.3. The van der Waals surface area contributed by atoms with Gasteiger partial charge in [-0.1, -0.05) is 33.6 Å². The van der Waals surface area contributed by atoms with E-state index in [-0.39, 0.29) is 12.3 Å². The van der Waals surface area contributed by atoms with Crippen molar-refractivity contribution in [3.63, 3.8) is 0 Å². The minimum absolute atomic E-state index is 0.0346. The fourth-order valence-corrected chi connectivity index (χ4v) is 3.29. The molecule has 1 heterocycles. The highest BCUT2D eigenvalue weighted by Gasteiger charge is 2.38. The Kier molecular flexibility index (Phi) is 6.65. The number of rotatable bonds is 7. The summed E-state index contributed by atoms with van der Waals surface area (Å²) in [6.07, 6.45) is 4.14. The van der Waals surface area contributed by atoms with Gasteiger partial charge in [-0.25, -0.2) is 4.79 Å². The molecule has 21 heavy (non-hydrogen) atoms. The van der Waals surface area contributed by atoms with Gasteiger partial charge in [0, 0.05) is 6.54 Å². The topological polar surface area (TPSA) is 77.8 Å². The van der Waals surface area contributed by atoms with E-state index in [1.807, 2.05) is 20.8 Å². The van der Waals surface area contributed by atoms with Gasteiger partial charge < -0.3 is 15.1 Å². The molecule has 0 aromatic rings. The van der Waals surface area contributed by atoms with Gasteiger partial charge in [0.25, 0.3) is 0 Å². The lowest BCUT2D eigenvalue weighted by molar-refractivity contribution is -0.155. The van der Waals surface area contributed by atoms with E-state index in [0.717, 1.165) is 19.3 Å². The van der Waals surface area contributed by atoms with Gasteiger partial charge in [-0.3, -0.25) is 4.79 Å². The largest absolute Gasteiger partial charge is 0.480 e. The maximum atomic E-state index is 12.5. The summed E-state index contributed by atoms with van der Waals surface area (Å²) in [7, 11) is 0. The molecule has 0 bridgehead atoms. The summed E-state index contributed by atoms with van der Waals surface area (Å²) in [5, 5.41) is 19.9. The maximum absolute atomic E-state index is 12.5. The zero-order valence-electron chi connectivity index (χ0n) is 13.5. The number of aliphatic carboxylic acids is 1. The van der Waals surface area contributed by atoms with Crippen molar-refractivity contribution in [2.45, 2.75) is 77.4 Å². The van der Waals surface area contributed by atoms with Gasteiger partial charge in [-0.05, 0) is 31.6 Å². The van der Waals surface area contributed by atoms with Crippen LogP contribution in [0.4, 0.5) is 0 Å². The highest BCUT2D eigenvalue weighted by molar-refractivity contribution is 5.84. The molecule has 2 unspecified atom stereocenters. The molecular weight excluding hydrogens is 270 g/mol.